The second-order valence-corrected chi connectivity index (χ2v) is 6.72. The second kappa shape index (κ2) is 7.07. The van der Waals surface area contributed by atoms with Gasteiger partial charge < -0.3 is 4.90 Å². The molecule has 0 atom stereocenters. The number of aromatic nitrogens is 4. The van der Waals surface area contributed by atoms with Crippen LogP contribution in [0.5, 0.6) is 0 Å². The van der Waals surface area contributed by atoms with E-state index in [1.807, 2.05) is 11.1 Å². The van der Waals surface area contributed by atoms with Crippen molar-refractivity contribution < 1.29 is 4.79 Å². The average Bonchev–Trinajstić information content (AvgIpc) is 3.18. The lowest BCUT2D eigenvalue weighted by atomic mass is 9.89. The predicted molar refractivity (Wildman–Crippen MR) is 98.7 cm³/mol. The van der Waals surface area contributed by atoms with E-state index in [4.69, 9.17) is 0 Å². The maximum Gasteiger partial charge on any atom is 0.274 e. The van der Waals surface area contributed by atoms with Crippen molar-refractivity contribution in [3.8, 4) is 11.1 Å². The minimum Gasteiger partial charge on any atom is -0.337 e. The first-order valence-electron chi connectivity index (χ1n) is 8.88. The summed E-state index contributed by atoms with van der Waals surface area (Å²) in [5.41, 5.74) is 5.16. The number of amides is 1. The molecule has 0 spiro atoms. The number of carbonyl (C=O) groups excluding carboxylic acids is 1. The highest BCUT2D eigenvalue weighted by Gasteiger charge is 2.27. The summed E-state index contributed by atoms with van der Waals surface area (Å²) >= 11 is 0. The Morgan fingerprint density at radius 3 is 2.77 bits per heavy atom. The summed E-state index contributed by atoms with van der Waals surface area (Å²) in [6.07, 6.45) is 8.38. The van der Waals surface area contributed by atoms with E-state index in [2.05, 4.69) is 51.4 Å². The minimum absolute atomic E-state index is 0.0416. The summed E-state index contributed by atoms with van der Waals surface area (Å²) in [5, 5.41) is 7.47. The summed E-state index contributed by atoms with van der Waals surface area (Å²) in [4.78, 5) is 22.5. The van der Waals surface area contributed by atoms with Gasteiger partial charge in [0.25, 0.3) is 5.91 Å². The number of benzene rings is 1. The average molecular weight is 347 g/mol. The van der Waals surface area contributed by atoms with Gasteiger partial charge in [-0.05, 0) is 25.3 Å². The molecule has 6 nitrogen and oxygen atoms in total. The van der Waals surface area contributed by atoms with Crippen LogP contribution in [-0.4, -0.2) is 44.1 Å². The number of hydrogen-bond acceptors (Lipinski definition) is 4. The fourth-order valence-electron chi connectivity index (χ4n) is 3.59. The van der Waals surface area contributed by atoms with Gasteiger partial charge in [-0.25, -0.2) is 4.98 Å². The Bertz CT molecular complexity index is 897. The van der Waals surface area contributed by atoms with Crippen molar-refractivity contribution in [2.24, 2.45) is 0 Å². The Hall–Kier alpha value is -3.02. The summed E-state index contributed by atoms with van der Waals surface area (Å²) < 4.78 is 0. The molecule has 1 amide bonds. The number of nitrogens with zero attached hydrogens (tertiary/aromatic N) is 4. The van der Waals surface area contributed by atoms with Gasteiger partial charge in [0.15, 0.2) is 0 Å². The molecule has 4 rings (SSSR count). The fraction of sp³-hybridized carbons (Fsp3) is 0.300. The number of likely N-dealkylation sites (tertiary alicyclic amines) is 1. The number of piperidine rings is 1. The van der Waals surface area contributed by atoms with Gasteiger partial charge in [0.1, 0.15) is 5.69 Å². The third kappa shape index (κ3) is 3.22. The van der Waals surface area contributed by atoms with Gasteiger partial charge in [0.2, 0.25) is 0 Å². The van der Waals surface area contributed by atoms with E-state index >= 15 is 0 Å². The Balaban J connectivity index is 1.48. The molecular formula is C20H21N5O. The molecule has 2 aromatic heterocycles. The van der Waals surface area contributed by atoms with Crippen LogP contribution in [0.15, 0.2) is 49.1 Å². The van der Waals surface area contributed by atoms with Gasteiger partial charge in [-0.15, -0.1) is 0 Å². The van der Waals surface area contributed by atoms with Crippen molar-refractivity contribution in [1.82, 2.24) is 25.1 Å². The van der Waals surface area contributed by atoms with Gasteiger partial charge in [-0.3, -0.25) is 14.9 Å². The Kier molecular flexibility index (Phi) is 4.48. The standard InChI is InChI=1S/C20H21N5O/c1-14-3-2-4-16(11-14)17-12-23-24-19(17)15-5-9-25(10-6-15)20(26)18-13-21-7-8-22-18/h2-4,7-8,11-13,15H,5-6,9-10H2,1H3,(H,23,24). The molecule has 3 heterocycles. The number of nitrogens with one attached hydrogen (secondary N) is 1. The SMILES string of the molecule is Cc1cccc(-c2cn[nH]c2C2CCN(C(=O)c3cnccn3)CC2)c1. The first-order valence-corrected chi connectivity index (χ1v) is 8.88. The van der Waals surface area contributed by atoms with Crippen molar-refractivity contribution in [2.75, 3.05) is 13.1 Å². The van der Waals surface area contributed by atoms with Crippen LogP contribution >= 0.6 is 0 Å². The molecule has 3 aromatic rings. The van der Waals surface area contributed by atoms with Crippen LogP contribution < -0.4 is 0 Å². The van der Waals surface area contributed by atoms with Crippen molar-refractivity contribution in [2.45, 2.75) is 25.7 Å². The normalized spacial score (nSPS) is 15.2. The summed E-state index contributed by atoms with van der Waals surface area (Å²) in [6.45, 7) is 3.53. The molecule has 0 unspecified atom stereocenters. The highest BCUT2D eigenvalue weighted by atomic mass is 16.2. The fourth-order valence-corrected chi connectivity index (χ4v) is 3.59. The van der Waals surface area contributed by atoms with Crippen LogP contribution in [0.1, 0.15) is 40.5 Å². The highest BCUT2D eigenvalue weighted by molar-refractivity contribution is 5.92. The molecule has 0 aliphatic carbocycles. The molecule has 6 heteroatoms. The first-order chi connectivity index (χ1) is 12.7. The van der Waals surface area contributed by atoms with Crippen molar-refractivity contribution in [1.29, 1.82) is 0 Å². The van der Waals surface area contributed by atoms with E-state index in [9.17, 15) is 4.79 Å². The van der Waals surface area contributed by atoms with E-state index in [1.165, 1.54) is 23.0 Å². The monoisotopic (exact) mass is 347 g/mol. The largest absolute Gasteiger partial charge is 0.337 e. The van der Waals surface area contributed by atoms with E-state index < -0.39 is 0 Å². The zero-order valence-corrected chi connectivity index (χ0v) is 14.7. The van der Waals surface area contributed by atoms with Crippen LogP contribution in [0.3, 0.4) is 0 Å². The lowest BCUT2D eigenvalue weighted by Crippen LogP contribution is -2.38. The molecular weight excluding hydrogens is 326 g/mol. The Labute approximate surface area is 152 Å². The quantitative estimate of drug-likeness (QED) is 0.789. The zero-order valence-electron chi connectivity index (χ0n) is 14.7. The van der Waals surface area contributed by atoms with Crippen LogP contribution in [0.2, 0.25) is 0 Å². The molecule has 1 saturated heterocycles. The third-order valence-electron chi connectivity index (χ3n) is 4.97. The summed E-state index contributed by atoms with van der Waals surface area (Å²) in [7, 11) is 0. The number of aryl methyl sites for hydroxylation is 1. The number of hydrogen-bond donors (Lipinski definition) is 1. The Morgan fingerprint density at radius 1 is 1.19 bits per heavy atom. The van der Waals surface area contributed by atoms with Gasteiger partial charge in [0.05, 0.1) is 12.4 Å². The van der Waals surface area contributed by atoms with Crippen LogP contribution in [0, 0.1) is 6.92 Å². The molecule has 1 N–H and O–H groups in total. The van der Waals surface area contributed by atoms with Crippen LogP contribution in [0.25, 0.3) is 11.1 Å². The Morgan fingerprint density at radius 2 is 2.04 bits per heavy atom. The number of aromatic amines is 1. The van der Waals surface area contributed by atoms with Gasteiger partial charge in [0, 0.05) is 42.7 Å². The van der Waals surface area contributed by atoms with E-state index in [-0.39, 0.29) is 5.91 Å². The topological polar surface area (TPSA) is 74.8 Å². The lowest BCUT2D eigenvalue weighted by Gasteiger charge is -2.31. The maximum absolute atomic E-state index is 12.5. The van der Waals surface area contributed by atoms with E-state index in [1.54, 1.807) is 12.4 Å². The number of H-pyrrole nitrogens is 1. The van der Waals surface area contributed by atoms with Crippen LogP contribution in [-0.2, 0) is 0 Å². The number of carbonyl (C=O) groups is 1. The van der Waals surface area contributed by atoms with Crippen molar-refractivity contribution in [3.63, 3.8) is 0 Å². The first kappa shape index (κ1) is 16.4. The summed E-state index contributed by atoms with van der Waals surface area (Å²) in [5.74, 6) is 0.332. The van der Waals surface area contributed by atoms with Gasteiger partial charge in [-0.1, -0.05) is 29.8 Å². The minimum atomic E-state index is -0.0416. The molecule has 1 aliphatic rings. The van der Waals surface area contributed by atoms with Gasteiger partial charge >= 0.3 is 0 Å². The zero-order chi connectivity index (χ0) is 17.9. The molecule has 0 saturated carbocycles. The van der Waals surface area contributed by atoms with E-state index in [0.717, 1.165) is 18.4 Å². The molecule has 1 aliphatic heterocycles. The highest BCUT2D eigenvalue weighted by Crippen LogP contribution is 2.34. The number of rotatable bonds is 3. The maximum atomic E-state index is 12.5. The van der Waals surface area contributed by atoms with E-state index in [0.29, 0.717) is 24.7 Å². The molecule has 1 fully saturated rings. The van der Waals surface area contributed by atoms with Crippen LogP contribution in [0.4, 0.5) is 0 Å². The predicted octanol–water partition coefficient (Wildman–Crippen LogP) is 3.19. The van der Waals surface area contributed by atoms with Crippen molar-refractivity contribution >= 4 is 5.91 Å². The second-order valence-electron chi connectivity index (χ2n) is 6.72. The smallest absolute Gasteiger partial charge is 0.274 e. The third-order valence-corrected chi connectivity index (χ3v) is 4.97. The molecule has 26 heavy (non-hydrogen) atoms. The molecule has 0 bridgehead atoms. The molecule has 1 aromatic carbocycles. The molecule has 132 valence electrons. The lowest BCUT2D eigenvalue weighted by molar-refractivity contribution is 0.0705. The van der Waals surface area contributed by atoms with Crippen molar-refractivity contribution in [3.05, 3.63) is 66.0 Å². The molecule has 0 radical (unpaired) electrons. The van der Waals surface area contributed by atoms with Gasteiger partial charge in [-0.2, -0.15) is 5.10 Å². The summed E-state index contributed by atoms with van der Waals surface area (Å²) in [6, 6.07) is 8.47.